The van der Waals surface area contributed by atoms with E-state index >= 15 is 0 Å². The Balaban J connectivity index is 2.23. The summed E-state index contributed by atoms with van der Waals surface area (Å²) >= 11 is 0. The van der Waals surface area contributed by atoms with Gasteiger partial charge < -0.3 is 5.11 Å². The average molecular weight is 315 g/mol. The first-order valence-electron chi connectivity index (χ1n) is 7.52. The summed E-state index contributed by atoms with van der Waals surface area (Å²) in [6.07, 6.45) is 4.02. The van der Waals surface area contributed by atoms with Crippen LogP contribution in [0.2, 0.25) is 0 Å². The Hall–Kier alpha value is -0.920. The van der Waals surface area contributed by atoms with Crippen molar-refractivity contribution in [1.82, 2.24) is 14.5 Å². The summed E-state index contributed by atoms with van der Waals surface area (Å²) in [5.74, 6) is 0.561. The van der Waals surface area contributed by atoms with Crippen molar-refractivity contribution in [1.29, 1.82) is 0 Å². The second kappa shape index (κ2) is 6.46. The number of sulfonamides is 1. The second-order valence-electron chi connectivity index (χ2n) is 6.04. The Bertz CT molecular complexity index is 595. The minimum absolute atomic E-state index is 0.0127. The number of rotatable bonds is 5. The lowest BCUT2D eigenvalue weighted by Gasteiger charge is -2.27. The van der Waals surface area contributed by atoms with E-state index in [1.807, 2.05) is 0 Å². The zero-order valence-electron chi connectivity index (χ0n) is 13.0. The van der Waals surface area contributed by atoms with Crippen LogP contribution in [0.15, 0.2) is 4.90 Å². The Morgan fingerprint density at radius 2 is 2.10 bits per heavy atom. The Morgan fingerprint density at radius 3 is 2.71 bits per heavy atom. The topological polar surface area (TPSA) is 84.2 Å². The second-order valence-corrected chi connectivity index (χ2v) is 7.69. The van der Waals surface area contributed by atoms with Gasteiger partial charge in [0.1, 0.15) is 4.90 Å². The van der Waals surface area contributed by atoms with Crippen LogP contribution in [0.3, 0.4) is 0 Å². The van der Waals surface area contributed by atoms with E-state index in [2.05, 4.69) is 16.7 Å². The summed E-state index contributed by atoms with van der Waals surface area (Å²) < 4.78 is 29.7. The van der Waals surface area contributed by atoms with E-state index in [1.165, 1.54) is 6.42 Å². The number of hydrogen-bond donors (Lipinski definition) is 2. The van der Waals surface area contributed by atoms with E-state index in [9.17, 15) is 8.42 Å². The minimum Gasteiger partial charge on any atom is -0.394 e. The maximum atomic E-state index is 12.6. The molecule has 0 bridgehead atoms. The third-order valence-electron chi connectivity index (χ3n) is 4.15. The van der Waals surface area contributed by atoms with E-state index in [4.69, 9.17) is 5.11 Å². The molecule has 1 aliphatic rings. The first-order valence-corrected chi connectivity index (χ1v) is 9.00. The molecule has 1 aliphatic carbocycles. The van der Waals surface area contributed by atoms with Crippen molar-refractivity contribution >= 4 is 10.0 Å². The van der Waals surface area contributed by atoms with Gasteiger partial charge in [0, 0.05) is 6.04 Å². The predicted octanol–water partition coefficient (Wildman–Crippen LogP) is 1.35. The van der Waals surface area contributed by atoms with Crippen molar-refractivity contribution in [3.05, 3.63) is 11.4 Å². The number of aliphatic hydroxyl groups is 1. The molecule has 2 unspecified atom stereocenters. The van der Waals surface area contributed by atoms with Gasteiger partial charge in [-0.15, -0.1) is 0 Å². The molecule has 2 rings (SSSR count). The van der Waals surface area contributed by atoms with Crippen LogP contribution in [0.25, 0.3) is 0 Å². The van der Waals surface area contributed by atoms with Gasteiger partial charge in [-0.1, -0.05) is 19.8 Å². The van der Waals surface area contributed by atoms with Crippen LogP contribution in [0.5, 0.6) is 0 Å². The molecule has 21 heavy (non-hydrogen) atoms. The average Bonchev–Trinajstić information content (AvgIpc) is 2.64. The molecule has 1 saturated carbocycles. The van der Waals surface area contributed by atoms with Gasteiger partial charge in [0.25, 0.3) is 0 Å². The van der Waals surface area contributed by atoms with Gasteiger partial charge in [0.15, 0.2) is 0 Å². The number of nitrogens with zero attached hydrogens (tertiary/aromatic N) is 2. The summed E-state index contributed by atoms with van der Waals surface area (Å²) in [5, 5.41) is 13.2. The molecular weight excluding hydrogens is 290 g/mol. The van der Waals surface area contributed by atoms with Crippen molar-refractivity contribution in [3.63, 3.8) is 0 Å². The standard InChI is InChI=1S/C14H25N3O3S/c1-10-5-4-6-13(9-10)16-21(19,20)14-11(2)15-17(7-8-18)12(14)3/h10,13,16,18H,4-9H2,1-3H3. The molecule has 7 heteroatoms. The van der Waals surface area contributed by atoms with E-state index < -0.39 is 10.0 Å². The minimum atomic E-state index is -3.56. The number of hydrogen-bond acceptors (Lipinski definition) is 4. The van der Waals surface area contributed by atoms with Crippen molar-refractivity contribution in [2.75, 3.05) is 6.61 Å². The van der Waals surface area contributed by atoms with Crippen LogP contribution in [-0.2, 0) is 16.6 Å². The molecular formula is C14H25N3O3S. The number of aromatic nitrogens is 2. The molecule has 1 heterocycles. The van der Waals surface area contributed by atoms with Gasteiger partial charge in [-0.25, -0.2) is 13.1 Å². The lowest BCUT2D eigenvalue weighted by molar-refractivity contribution is 0.267. The summed E-state index contributed by atoms with van der Waals surface area (Å²) in [6, 6.07) is 0.0127. The van der Waals surface area contributed by atoms with Gasteiger partial charge in [0.2, 0.25) is 10.0 Å². The third kappa shape index (κ3) is 3.64. The Morgan fingerprint density at radius 1 is 1.38 bits per heavy atom. The molecule has 120 valence electrons. The van der Waals surface area contributed by atoms with Crippen LogP contribution in [0.4, 0.5) is 0 Å². The number of aryl methyl sites for hydroxylation is 1. The zero-order valence-corrected chi connectivity index (χ0v) is 13.8. The molecule has 0 saturated heterocycles. The molecule has 6 nitrogen and oxygen atoms in total. The summed E-state index contributed by atoms with van der Waals surface area (Å²) in [5.41, 5.74) is 1.07. The van der Waals surface area contributed by atoms with Crippen LogP contribution >= 0.6 is 0 Å². The first-order chi connectivity index (χ1) is 9.85. The van der Waals surface area contributed by atoms with Gasteiger partial charge in [-0.05, 0) is 32.6 Å². The van der Waals surface area contributed by atoms with E-state index in [0.717, 1.165) is 19.3 Å². The van der Waals surface area contributed by atoms with Crippen molar-refractivity contribution in [2.45, 2.75) is 63.9 Å². The van der Waals surface area contributed by atoms with Crippen molar-refractivity contribution in [2.24, 2.45) is 5.92 Å². The SMILES string of the molecule is Cc1nn(CCO)c(C)c1S(=O)(=O)NC1CCCC(C)C1. The lowest BCUT2D eigenvalue weighted by atomic mass is 9.88. The normalized spacial score (nSPS) is 23.4. The molecule has 1 fully saturated rings. The molecule has 2 atom stereocenters. The third-order valence-corrected chi connectivity index (χ3v) is 5.93. The highest BCUT2D eigenvalue weighted by Crippen LogP contribution is 2.26. The Labute approximate surface area is 126 Å². The zero-order chi connectivity index (χ0) is 15.6. The highest BCUT2D eigenvalue weighted by atomic mass is 32.2. The van der Waals surface area contributed by atoms with E-state index in [-0.39, 0.29) is 17.5 Å². The maximum absolute atomic E-state index is 12.6. The largest absolute Gasteiger partial charge is 0.394 e. The molecule has 2 N–H and O–H groups in total. The smallest absolute Gasteiger partial charge is 0.244 e. The summed E-state index contributed by atoms with van der Waals surface area (Å²) in [7, 11) is -3.56. The fraction of sp³-hybridized carbons (Fsp3) is 0.786. The molecule has 0 amide bonds. The van der Waals surface area contributed by atoms with Gasteiger partial charge in [0.05, 0.1) is 24.5 Å². The number of nitrogens with one attached hydrogen (secondary N) is 1. The Kier molecular flexibility index (Phi) is 5.06. The van der Waals surface area contributed by atoms with E-state index in [0.29, 0.717) is 23.9 Å². The van der Waals surface area contributed by atoms with Crippen LogP contribution in [0.1, 0.15) is 44.0 Å². The molecule has 1 aromatic rings. The molecule has 0 aliphatic heterocycles. The lowest BCUT2D eigenvalue weighted by Crippen LogP contribution is -2.38. The highest BCUT2D eigenvalue weighted by Gasteiger charge is 2.29. The van der Waals surface area contributed by atoms with Gasteiger partial charge in [-0.3, -0.25) is 4.68 Å². The summed E-state index contributed by atoms with van der Waals surface area (Å²) in [6.45, 7) is 5.83. The molecule has 1 aromatic heterocycles. The van der Waals surface area contributed by atoms with Crippen molar-refractivity contribution in [3.8, 4) is 0 Å². The predicted molar refractivity (Wildman–Crippen MR) is 80.5 cm³/mol. The van der Waals surface area contributed by atoms with Gasteiger partial charge >= 0.3 is 0 Å². The molecule has 0 radical (unpaired) electrons. The molecule has 0 spiro atoms. The number of aliphatic hydroxyl groups excluding tert-OH is 1. The monoisotopic (exact) mass is 315 g/mol. The van der Waals surface area contributed by atoms with Gasteiger partial charge in [-0.2, -0.15) is 5.10 Å². The maximum Gasteiger partial charge on any atom is 0.244 e. The highest BCUT2D eigenvalue weighted by molar-refractivity contribution is 7.89. The van der Waals surface area contributed by atoms with E-state index in [1.54, 1.807) is 18.5 Å². The quantitative estimate of drug-likeness (QED) is 0.859. The molecule has 0 aromatic carbocycles. The first kappa shape index (κ1) is 16.5. The van der Waals surface area contributed by atoms with Crippen molar-refractivity contribution < 1.29 is 13.5 Å². The van der Waals surface area contributed by atoms with Crippen LogP contribution in [-0.4, -0.2) is 36.0 Å². The summed E-state index contributed by atoms with van der Waals surface area (Å²) in [4.78, 5) is 0.258. The van der Waals surface area contributed by atoms with Crippen LogP contribution in [0, 0.1) is 19.8 Å². The fourth-order valence-electron chi connectivity index (χ4n) is 3.20. The van der Waals surface area contributed by atoms with Crippen LogP contribution < -0.4 is 4.72 Å². The fourth-order valence-corrected chi connectivity index (χ4v) is 4.90.